The number of nitrogens with zero attached hydrogens (tertiary/aromatic N) is 2. The summed E-state index contributed by atoms with van der Waals surface area (Å²) in [6.45, 7) is 0. The molecule has 10 rings (SSSR count). The van der Waals surface area contributed by atoms with Gasteiger partial charge < -0.3 is 9.13 Å². The van der Waals surface area contributed by atoms with Crippen LogP contribution in [0.25, 0.3) is 88.4 Å². The molecule has 9 heteroatoms. The molecule has 0 saturated heterocycles. The fourth-order valence-electron chi connectivity index (χ4n) is 9.76. The first-order chi connectivity index (χ1) is 27.7. The molecular formula is C48H39B7N2. The van der Waals surface area contributed by atoms with Crippen LogP contribution in [0.4, 0.5) is 0 Å². The summed E-state index contributed by atoms with van der Waals surface area (Å²) >= 11 is 0. The third-order valence-corrected chi connectivity index (χ3v) is 13.0. The molecule has 0 aliphatic rings. The van der Waals surface area contributed by atoms with Crippen LogP contribution in [-0.2, 0) is 0 Å². The number of fused-ring (bicyclic) bond motifs is 6. The van der Waals surface area contributed by atoms with E-state index in [1.165, 1.54) is 127 Å². The van der Waals surface area contributed by atoms with E-state index in [-0.39, 0.29) is 0 Å². The van der Waals surface area contributed by atoms with E-state index in [1.54, 1.807) is 0 Å². The lowest BCUT2D eigenvalue weighted by Gasteiger charge is -2.19. The first-order valence-corrected chi connectivity index (χ1v) is 20.1. The first kappa shape index (κ1) is 35.2. The largest absolute Gasteiger partial charge is 0.310 e. The molecule has 0 fully saturated rings. The molecular weight excluding hydrogens is 680 g/mol. The van der Waals surface area contributed by atoms with E-state index >= 15 is 0 Å². The van der Waals surface area contributed by atoms with Crippen LogP contribution in [0.2, 0.25) is 0 Å². The number of para-hydroxylation sites is 2. The van der Waals surface area contributed by atoms with E-state index in [1.807, 2.05) is 0 Å². The zero-order valence-electron chi connectivity index (χ0n) is 33.8. The molecule has 0 unspecified atom stereocenters. The van der Waals surface area contributed by atoms with E-state index in [0.717, 1.165) is 0 Å². The van der Waals surface area contributed by atoms with Crippen LogP contribution < -0.4 is 38.2 Å². The Morgan fingerprint density at radius 2 is 0.895 bits per heavy atom. The summed E-state index contributed by atoms with van der Waals surface area (Å²) in [4.78, 5) is 0. The van der Waals surface area contributed by atoms with Crippen molar-refractivity contribution in [1.82, 2.24) is 9.13 Å². The topological polar surface area (TPSA) is 9.86 Å². The molecule has 2 nitrogen and oxygen atoms in total. The van der Waals surface area contributed by atoms with Gasteiger partial charge in [0.2, 0.25) is 0 Å². The summed E-state index contributed by atoms with van der Waals surface area (Å²) in [6.07, 6.45) is 0. The van der Waals surface area contributed by atoms with Gasteiger partial charge in [0.15, 0.2) is 0 Å². The maximum absolute atomic E-state index is 2.55. The minimum absolute atomic E-state index is 1.18. The molecule has 0 bridgehead atoms. The molecule has 0 aliphatic heterocycles. The summed E-state index contributed by atoms with van der Waals surface area (Å²) in [5, 5.41) is 5.25. The van der Waals surface area contributed by atoms with Crippen molar-refractivity contribution in [1.29, 1.82) is 0 Å². The number of rotatable bonds is 5. The maximum atomic E-state index is 2.55. The molecule has 0 atom stereocenters. The van der Waals surface area contributed by atoms with Gasteiger partial charge >= 0.3 is 0 Å². The van der Waals surface area contributed by atoms with Crippen molar-refractivity contribution < 1.29 is 0 Å². The predicted molar refractivity (Wildman–Crippen MR) is 269 cm³/mol. The Kier molecular flexibility index (Phi) is 8.34. The second-order valence-corrected chi connectivity index (χ2v) is 15.9. The fourth-order valence-corrected chi connectivity index (χ4v) is 9.76. The van der Waals surface area contributed by atoms with Crippen molar-refractivity contribution in [3.05, 3.63) is 152 Å². The van der Waals surface area contributed by atoms with Crippen molar-refractivity contribution in [2.24, 2.45) is 0 Å². The SMILES string of the molecule is Bc1c(B)c(B)c2c(c1B)c1c(B)c(-c3ccc4c(c3)c3ccc(-c5ccccc5)cc3n4-c3ccccc3-c3ccccc3)c(B)c(B)c1n2-c1ccccc1. The second-order valence-electron chi connectivity index (χ2n) is 15.9. The summed E-state index contributed by atoms with van der Waals surface area (Å²) < 4.78 is 5.03. The van der Waals surface area contributed by atoms with Crippen molar-refractivity contribution in [3.63, 3.8) is 0 Å². The van der Waals surface area contributed by atoms with Gasteiger partial charge in [-0.3, -0.25) is 0 Å². The Bertz CT molecular complexity index is 3240. The Hall–Kier alpha value is -6.19. The average molecular weight is 720 g/mol. The Morgan fingerprint density at radius 3 is 1.60 bits per heavy atom. The van der Waals surface area contributed by atoms with Crippen LogP contribution >= 0.6 is 0 Å². The van der Waals surface area contributed by atoms with Crippen LogP contribution in [0, 0.1) is 0 Å². The molecule has 8 aromatic carbocycles. The number of hydrogen-bond donors (Lipinski definition) is 0. The van der Waals surface area contributed by atoms with E-state index in [2.05, 4.69) is 216 Å². The van der Waals surface area contributed by atoms with Crippen molar-refractivity contribution in [2.75, 3.05) is 0 Å². The Morgan fingerprint density at radius 1 is 0.333 bits per heavy atom. The number of hydrogen-bond acceptors (Lipinski definition) is 0. The van der Waals surface area contributed by atoms with Crippen molar-refractivity contribution in [3.8, 4) is 44.8 Å². The van der Waals surface area contributed by atoms with Crippen LogP contribution in [-0.4, -0.2) is 64.1 Å². The minimum atomic E-state index is 1.18. The second kappa shape index (κ2) is 13.5. The molecule has 10 aromatic rings. The van der Waals surface area contributed by atoms with E-state index in [4.69, 9.17) is 0 Å². The third-order valence-electron chi connectivity index (χ3n) is 13.0. The third kappa shape index (κ3) is 5.28. The molecule has 2 heterocycles. The molecule has 0 spiro atoms. The summed E-state index contributed by atoms with van der Waals surface area (Å²) in [5.41, 5.74) is 24.3. The molecule has 57 heavy (non-hydrogen) atoms. The quantitative estimate of drug-likeness (QED) is 0.232. The molecule has 0 N–H and O–H groups in total. The van der Waals surface area contributed by atoms with Gasteiger partial charge in [-0.1, -0.05) is 148 Å². The molecule has 0 radical (unpaired) electrons. The minimum Gasteiger partial charge on any atom is -0.310 e. The highest BCUT2D eigenvalue weighted by molar-refractivity contribution is 6.69. The van der Waals surface area contributed by atoms with Crippen LogP contribution in [0.3, 0.4) is 0 Å². The first-order valence-electron chi connectivity index (χ1n) is 20.1. The lowest BCUT2D eigenvalue weighted by molar-refractivity contribution is 1.18. The van der Waals surface area contributed by atoms with Gasteiger partial charge in [0.25, 0.3) is 0 Å². The average Bonchev–Trinajstić information content (AvgIpc) is 3.79. The normalized spacial score (nSPS) is 11.6. The molecule has 2 aromatic heterocycles. The van der Waals surface area contributed by atoms with E-state index < -0.39 is 0 Å². The van der Waals surface area contributed by atoms with Crippen LogP contribution in [0.15, 0.2) is 152 Å². The van der Waals surface area contributed by atoms with Gasteiger partial charge in [0.05, 0.1) is 16.7 Å². The summed E-state index contributed by atoms with van der Waals surface area (Å²) in [6, 6.07) is 55.5. The van der Waals surface area contributed by atoms with E-state index in [0.29, 0.717) is 0 Å². The molecule has 0 amide bonds. The van der Waals surface area contributed by atoms with Gasteiger partial charge in [0, 0.05) is 38.4 Å². The zero-order chi connectivity index (χ0) is 39.1. The van der Waals surface area contributed by atoms with Gasteiger partial charge in [0.1, 0.15) is 54.9 Å². The Balaban J connectivity index is 1.29. The highest BCUT2D eigenvalue weighted by Crippen LogP contribution is 2.40. The molecule has 0 aliphatic carbocycles. The van der Waals surface area contributed by atoms with Gasteiger partial charge in [-0.15, -0.1) is 5.46 Å². The zero-order valence-corrected chi connectivity index (χ0v) is 33.8. The van der Waals surface area contributed by atoms with Crippen LogP contribution in [0.1, 0.15) is 0 Å². The fraction of sp³-hybridized carbons (Fsp3) is 0. The Labute approximate surface area is 340 Å². The molecule has 262 valence electrons. The monoisotopic (exact) mass is 720 g/mol. The number of benzene rings is 8. The smallest absolute Gasteiger partial charge is 0.141 e. The maximum Gasteiger partial charge on any atom is 0.141 e. The van der Waals surface area contributed by atoms with Gasteiger partial charge in [-0.05, 0) is 69.6 Å². The van der Waals surface area contributed by atoms with Crippen LogP contribution in [0.5, 0.6) is 0 Å². The standard InChI is InChI=1S/C48H39B7N2/c49-40-37(41(50)45(54)47-38(40)39-42(51)43(52)44(53)46(55)48(39)56(47)30-16-8-3-9-17-30)29-21-23-35-33(24-29)32-22-20-28(26-12-4-1-5-13-26)25-36(32)57(35)34-19-11-10-18-31(34)27-14-6-2-7-15-27/h1-25H,49-55H2. The highest BCUT2D eigenvalue weighted by Gasteiger charge is 2.25. The van der Waals surface area contributed by atoms with Crippen molar-refractivity contribution in [2.45, 2.75) is 0 Å². The summed E-state index contributed by atoms with van der Waals surface area (Å²) in [5.74, 6) is 0. The summed E-state index contributed by atoms with van der Waals surface area (Å²) in [7, 11) is 16.2. The predicted octanol–water partition coefficient (Wildman–Crippen LogP) is 0.691. The van der Waals surface area contributed by atoms with Crippen molar-refractivity contribution >= 4 is 137 Å². The van der Waals surface area contributed by atoms with Gasteiger partial charge in [-0.2, -0.15) is 0 Å². The lowest BCUT2D eigenvalue weighted by Crippen LogP contribution is -2.48. The molecule has 0 saturated carbocycles. The van der Waals surface area contributed by atoms with E-state index in [9.17, 15) is 0 Å². The number of aromatic nitrogens is 2. The van der Waals surface area contributed by atoms with Gasteiger partial charge in [-0.25, -0.2) is 0 Å². The lowest BCUT2D eigenvalue weighted by atomic mass is 9.64. The highest BCUT2D eigenvalue weighted by atomic mass is 15.0.